The Bertz CT molecular complexity index is 2940. The van der Waals surface area contributed by atoms with E-state index in [2.05, 4.69) is 137 Å². The molecule has 0 amide bonds. The van der Waals surface area contributed by atoms with E-state index >= 15 is 0 Å². The summed E-state index contributed by atoms with van der Waals surface area (Å²) in [5.74, 6) is 0. The van der Waals surface area contributed by atoms with Crippen molar-refractivity contribution >= 4 is 65.8 Å². The van der Waals surface area contributed by atoms with Gasteiger partial charge in [0.05, 0.1) is 18.5 Å². The number of nitrogens with one attached hydrogen (secondary N) is 3. The predicted octanol–water partition coefficient (Wildman–Crippen LogP) is 11.2. The summed E-state index contributed by atoms with van der Waals surface area (Å²) < 4.78 is 19.1. The van der Waals surface area contributed by atoms with Crippen LogP contribution in [0, 0.1) is 0 Å². The summed E-state index contributed by atoms with van der Waals surface area (Å²) in [6.45, 7) is 0. The minimum Gasteiger partial charge on any atom is -0.456 e. The zero-order chi connectivity index (χ0) is 33.5. The fourth-order valence-corrected chi connectivity index (χ4v) is 7.90. The largest absolute Gasteiger partial charge is 0.456 e. The van der Waals surface area contributed by atoms with Crippen LogP contribution in [0.1, 0.15) is 35.2 Å². The molecule has 0 spiro atoms. The van der Waals surface area contributed by atoms with Crippen LogP contribution in [0.2, 0.25) is 0 Å². The molecular weight excluding hydrogens is 631 g/mol. The molecule has 244 valence electrons. The van der Waals surface area contributed by atoms with E-state index in [-0.39, 0.29) is 18.5 Å². The molecule has 1 saturated heterocycles. The highest BCUT2D eigenvalue weighted by atomic mass is 16.3. The van der Waals surface area contributed by atoms with Gasteiger partial charge in [-0.05, 0) is 58.7 Å². The van der Waals surface area contributed by atoms with Gasteiger partial charge in [0.2, 0.25) is 0 Å². The number of hydrogen-bond donors (Lipinski definition) is 3. The molecule has 1 aliphatic heterocycles. The molecule has 3 N–H and O–H groups in total. The highest BCUT2D eigenvalue weighted by molar-refractivity contribution is 6.11. The maximum Gasteiger partial charge on any atom is 0.143 e. The summed E-state index contributed by atoms with van der Waals surface area (Å²) in [5.41, 5.74) is 10.8. The van der Waals surface area contributed by atoms with Crippen LogP contribution in [0.5, 0.6) is 0 Å². The average molecular weight is 662 g/mol. The molecule has 3 aromatic heterocycles. The Morgan fingerprint density at radius 3 is 1.57 bits per heavy atom. The first kappa shape index (κ1) is 28.6. The number of benzene rings is 7. The number of para-hydroxylation sites is 3. The van der Waals surface area contributed by atoms with E-state index in [9.17, 15) is 0 Å². The van der Waals surface area contributed by atoms with E-state index < -0.39 is 0 Å². The van der Waals surface area contributed by atoms with Gasteiger partial charge in [-0.3, -0.25) is 16.0 Å². The molecule has 1 fully saturated rings. The van der Waals surface area contributed by atoms with Crippen molar-refractivity contribution < 1.29 is 13.3 Å². The van der Waals surface area contributed by atoms with Gasteiger partial charge in [-0.15, -0.1) is 0 Å². The van der Waals surface area contributed by atoms with E-state index in [4.69, 9.17) is 13.3 Å². The van der Waals surface area contributed by atoms with Gasteiger partial charge in [-0.1, -0.05) is 115 Å². The second-order valence-electron chi connectivity index (χ2n) is 13.4. The van der Waals surface area contributed by atoms with Crippen molar-refractivity contribution in [1.82, 2.24) is 16.0 Å². The van der Waals surface area contributed by atoms with Gasteiger partial charge in [0.1, 0.15) is 33.5 Å². The maximum atomic E-state index is 6.50. The Balaban J connectivity index is 0.973. The Labute approximate surface area is 292 Å². The zero-order valence-electron chi connectivity index (χ0n) is 27.4. The summed E-state index contributed by atoms with van der Waals surface area (Å²) in [4.78, 5) is 0. The Morgan fingerprint density at radius 2 is 0.863 bits per heavy atom. The second kappa shape index (κ2) is 11.2. The highest BCUT2D eigenvalue weighted by Crippen LogP contribution is 2.39. The fourth-order valence-electron chi connectivity index (χ4n) is 7.90. The van der Waals surface area contributed by atoms with Crippen molar-refractivity contribution in [3.63, 3.8) is 0 Å². The van der Waals surface area contributed by atoms with Crippen molar-refractivity contribution in [3.05, 3.63) is 168 Å². The molecule has 0 radical (unpaired) electrons. The van der Waals surface area contributed by atoms with Gasteiger partial charge in [0.15, 0.2) is 0 Å². The zero-order valence-corrected chi connectivity index (χ0v) is 27.4. The third-order valence-corrected chi connectivity index (χ3v) is 10.4. The molecule has 1 aliphatic rings. The molecule has 51 heavy (non-hydrogen) atoms. The summed E-state index contributed by atoms with van der Waals surface area (Å²) in [6.07, 6.45) is -0.399. The molecule has 3 atom stereocenters. The second-order valence-corrected chi connectivity index (χ2v) is 13.4. The minimum atomic E-state index is -0.160. The normalized spacial score (nSPS) is 18.2. The van der Waals surface area contributed by atoms with Crippen molar-refractivity contribution in [2.75, 3.05) is 0 Å². The van der Waals surface area contributed by atoms with Crippen LogP contribution in [-0.2, 0) is 0 Å². The van der Waals surface area contributed by atoms with Gasteiger partial charge in [0, 0.05) is 37.9 Å². The van der Waals surface area contributed by atoms with Crippen LogP contribution in [0.25, 0.3) is 76.9 Å². The third kappa shape index (κ3) is 4.62. The van der Waals surface area contributed by atoms with Gasteiger partial charge in [0.25, 0.3) is 0 Å². The summed E-state index contributed by atoms with van der Waals surface area (Å²) in [6, 6.07) is 52.7. The van der Waals surface area contributed by atoms with Crippen LogP contribution in [-0.4, -0.2) is 0 Å². The standard InChI is InChI=1S/C45H31N3O3/c1-2-9-26(10-3-1)43-46-44(28-17-20-33-31-11-4-6-15-37(31)49-40(33)24-28)48-45(47-43)29-18-21-34-36-23-27(19-22-39(36)50-41(34)25-29)30-13-8-14-35-32-12-5-7-16-38(32)51-42(30)35/h1-25,43-48H. The first-order valence-corrected chi connectivity index (χ1v) is 17.3. The number of hydrogen-bond acceptors (Lipinski definition) is 6. The summed E-state index contributed by atoms with van der Waals surface area (Å²) >= 11 is 0. The van der Waals surface area contributed by atoms with Crippen LogP contribution >= 0.6 is 0 Å². The average Bonchev–Trinajstić information content (AvgIpc) is 3.88. The van der Waals surface area contributed by atoms with Gasteiger partial charge < -0.3 is 13.3 Å². The van der Waals surface area contributed by atoms with Crippen molar-refractivity contribution in [3.8, 4) is 11.1 Å². The molecule has 3 unspecified atom stereocenters. The third-order valence-electron chi connectivity index (χ3n) is 10.4. The van der Waals surface area contributed by atoms with Gasteiger partial charge in [-0.25, -0.2) is 0 Å². The van der Waals surface area contributed by atoms with Gasteiger partial charge in [-0.2, -0.15) is 0 Å². The van der Waals surface area contributed by atoms with Crippen molar-refractivity contribution in [2.24, 2.45) is 0 Å². The molecule has 6 nitrogen and oxygen atoms in total. The molecule has 0 aliphatic carbocycles. The van der Waals surface area contributed by atoms with Crippen molar-refractivity contribution in [2.45, 2.75) is 18.5 Å². The fraction of sp³-hybridized carbons (Fsp3) is 0.0667. The monoisotopic (exact) mass is 661 g/mol. The smallest absolute Gasteiger partial charge is 0.143 e. The van der Waals surface area contributed by atoms with Crippen LogP contribution in [0.4, 0.5) is 0 Å². The molecule has 6 heteroatoms. The Kier molecular flexibility index (Phi) is 6.27. The summed E-state index contributed by atoms with van der Waals surface area (Å²) in [7, 11) is 0. The maximum absolute atomic E-state index is 6.50. The molecule has 7 aromatic carbocycles. The van der Waals surface area contributed by atoms with Crippen molar-refractivity contribution in [1.29, 1.82) is 0 Å². The SMILES string of the molecule is c1ccc(C2NC(c3ccc4c(c3)oc3ccccc34)NC(c3ccc4c(c3)oc3ccc(-c5cccc6c5oc5ccccc56)cc34)N2)cc1. The highest BCUT2D eigenvalue weighted by Gasteiger charge is 2.30. The van der Waals surface area contributed by atoms with E-state index in [1.54, 1.807) is 0 Å². The minimum absolute atomic E-state index is 0.0938. The molecular formula is C45H31N3O3. The lowest BCUT2D eigenvalue weighted by Crippen LogP contribution is -2.54. The number of furan rings is 3. The Morgan fingerprint density at radius 1 is 0.333 bits per heavy atom. The van der Waals surface area contributed by atoms with Crippen LogP contribution in [0.15, 0.2) is 165 Å². The Hall–Kier alpha value is -6.18. The molecule has 4 heterocycles. The van der Waals surface area contributed by atoms with E-state index in [0.29, 0.717) is 0 Å². The van der Waals surface area contributed by atoms with E-state index in [0.717, 1.165) is 93.6 Å². The first-order valence-electron chi connectivity index (χ1n) is 17.3. The lowest BCUT2D eigenvalue weighted by atomic mass is 9.99. The van der Waals surface area contributed by atoms with Crippen LogP contribution in [0.3, 0.4) is 0 Å². The topological polar surface area (TPSA) is 75.5 Å². The number of fused-ring (bicyclic) bond motifs is 9. The van der Waals surface area contributed by atoms with E-state index in [1.165, 1.54) is 0 Å². The van der Waals surface area contributed by atoms with E-state index in [1.807, 2.05) is 30.3 Å². The van der Waals surface area contributed by atoms with Gasteiger partial charge >= 0.3 is 0 Å². The quantitative estimate of drug-likeness (QED) is 0.174. The molecule has 0 bridgehead atoms. The summed E-state index contributed by atoms with van der Waals surface area (Å²) in [5, 5.41) is 18.1. The lowest BCUT2D eigenvalue weighted by molar-refractivity contribution is 0.203. The lowest BCUT2D eigenvalue weighted by Gasteiger charge is -2.39. The molecule has 0 saturated carbocycles. The first-order chi connectivity index (χ1) is 25.2. The van der Waals surface area contributed by atoms with Crippen LogP contribution < -0.4 is 16.0 Å². The number of rotatable bonds is 4. The molecule has 10 aromatic rings. The molecule has 11 rings (SSSR count). The predicted molar refractivity (Wildman–Crippen MR) is 204 cm³/mol.